The fraction of sp³-hybridized carbons (Fsp3) is 0.500. The molecular weight excluding hydrogens is 284 g/mol. The van der Waals surface area contributed by atoms with Gasteiger partial charge >= 0.3 is 0 Å². The minimum atomic E-state index is -3.49. The molecule has 1 aliphatic rings. The molecule has 1 aromatic rings. The van der Waals surface area contributed by atoms with Gasteiger partial charge in [-0.15, -0.1) is 0 Å². The first-order chi connectivity index (χ1) is 10.1. The van der Waals surface area contributed by atoms with E-state index < -0.39 is 10.0 Å². The number of hydrogen-bond acceptors (Lipinski definition) is 3. The summed E-state index contributed by atoms with van der Waals surface area (Å²) in [4.78, 5) is 0.284. The number of benzene rings is 1. The van der Waals surface area contributed by atoms with Gasteiger partial charge in [0.15, 0.2) is 0 Å². The second kappa shape index (κ2) is 7.08. The Morgan fingerprint density at radius 1 is 1.33 bits per heavy atom. The maximum Gasteiger partial charge on any atom is 0.244 e. The lowest BCUT2D eigenvalue weighted by Crippen LogP contribution is -2.37. The van der Waals surface area contributed by atoms with Crippen LogP contribution >= 0.6 is 0 Å². The van der Waals surface area contributed by atoms with Gasteiger partial charge in [-0.1, -0.05) is 37.3 Å². The third-order valence-electron chi connectivity index (χ3n) is 3.87. The Hall–Kier alpha value is -1.35. The molecule has 0 aromatic heterocycles. The van der Waals surface area contributed by atoms with Gasteiger partial charge < -0.3 is 5.73 Å². The summed E-state index contributed by atoms with van der Waals surface area (Å²) in [5, 5.41) is 0. The molecule has 0 atom stereocenters. The van der Waals surface area contributed by atoms with E-state index in [9.17, 15) is 8.42 Å². The third-order valence-corrected chi connectivity index (χ3v) is 5.87. The van der Waals surface area contributed by atoms with E-state index in [1.54, 1.807) is 28.6 Å². The molecule has 0 radical (unpaired) electrons. The van der Waals surface area contributed by atoms with E-state index >= 15 is 0 Å². The lowest BCUT2D eigenvalue weighted by atomic mass is 9.85. The second-order valence-electron chi connectivity index (χ2n) is 5.25. The molecule has 1 saturated carbocycles. The summed E-state index contributed by atoms with van der Waals surface area (Å²) in [6.45, 7) is 3.19. The van der Waals surface area contributed by atoms with E-state index in [4.69, 9.17) is 5.73 Å². The molecule has 2 rings (SSSR count). The van der Waals surface area contributed by atoms with Crippen molar-refractivity contribution < 1.29 is 8.42 Å². The van der Waals surface area contributed by atoms with Crippen molar-refractivity contribution in [3.63, 3.8) is 0 Å². The minimum Gasteiger partial charge on any atom is -0.320 e. The molecule has 21 heavy (non-hydrogen) atoms. The summed E-state index contributed by atoms with van der Waals surface area (Å²) in [5.74, 6) is 6.09. The monoisotopic (exact) mass is 306 g/mol. The van der Waals surface area contributed by atoms with Crippen LogP contribution in [0.5, 0.6) is 0 Å². The summed E-state index contributed by atoms with van der Waals surface area (Å²) in [6.07, 6.45) is 3.46. The first kappa shape index (κ1) is 16.0. The summed E-state index contributed by atoms with van der Waals surface area (Å²) in [6, 6.07) is 6.88. The Bertz CT molecular complexity index is 640. The van der Waals surface area contributed by atoms with Crippen molar-refractivity contribution in [2.24, 2.45) is 11.7 Å². The highest BCUT2D eigenvalue weighted by molar-refractivity contribution is 7.89. The zero-order chi connectivity index (χ0) is 15.3. The maximum absolute atomic E-state index is 12.8. The molecule has 2 N–H and O–H groups in total. The van der Waals surface area contributed by atoms with Gasteiger partial charge in [0.2, 0.25) is 10.0 Å². The summed E-state index contributed by atoms with van der Waals surface area (Å²) >= 11 is 0. The van der Waals surface area contributed by atoms with E-state index in [-0.39, 0.29) is 11.4 Å². The van der Waals surface area contributed by atoms with Crippen LogP contribution in [-0.2, 0) is 10.0 Å². The van der Waals surface area contributed by atoms with Gasteiger partial charge in [-0.2, -0.15) is 4.31 Å². The van der Waals surface area contributed by atoms with Crippen LogP contribution in [0, 0.1) is 17.8 Å². The predicted octanol–water partition coefficient (Wildman–Crippen LogP) is 1.81. The Labute approximate surface area is 127 Å². The molecule has 0 amide bonds. The second-order valence-corrected chi connectivity index (χ2v) is 7.16. The number of rotatable bonds is 5. The van der Waals surface area contributed by atoms with Gasteiger partial charge in [0.1, 0.15) is 0 Å². The Morgan fingerprint density at radius 3 is 2.62 bits per heavy atom. The fourth-order valence-electron chi connectivity index (χ4n) is 2.44. The number of sulfonamides is 1. The normalized spacial score (nSPS) is 15.4. The van der Waals surface area contributed by atoms with Crippen molar-refractivity contribution >= 4 is 10.0 Å². The van der Waals surface area contributed by atoms with Crippen LogP contribution in [-0.4, -0.2) is 32.4 Å². The Balaban J connectivity index is 2.32. The average Bonchev–Trinajstić information content (AvgIpc) is 2.44. The van der Waals surface area contributed by atoms with Crippen LogP contribution in [0.2, 0.25) is 0 Å². The first-order valence-electron chi connectivity index (χ1n) is 7.37. The summed E-state index contributed by atoms with van der Waals surface area (Å²) < 4.78 is 27.3. The van der Waals surface area contributed by atoms with Crippen LogP contribution in [0.1, 0.15) is 31.7 Å². The fourth-order valence-corrected chi connectivity index (χ4v) is 4.11. The molecule has 0 unspecified atom stereocenters. The molecule has 114 valence electrons. The molecule has 0 aliphatic heterocycles. The zero-order valence-corrected chi connectivity index (χ0v) is 13.2. The van der Waals surface area contributed by atoms with Gasteiger partial charge in [0.25, 0.3) is 0 Å². The zero-order valence-electron chi connectivity index (χ0n) is 12.4. The smallest absolute Gasteiger partial charge is 0.244 e. The molecule has 5 heteroatoms. The minimum absolute atomic E-state index is 0.216. The number of nitrogens with zero attached hydrogens (tertiary/aromatic N) is 1. The van der Waals surface area contributed by atoms with Crippen LogP contribution in [0.3, 0.4) is 0 Å². The van der Waals surface area contributed by atoms with Crippen molar-refractivity contribution in [3.05, 3.63) is 29.8 Å². The summed E-state index contributed by atoms with van der Waals surface area (Å²) in [5.41, 5.74) is 5.90. The van der Waals surface area contributed by atoms with E-state index in [1.165, 1.54) is 6.42 Å². The standard InChI is InChI=1S/C16H22N2O2S/c1-2-18(13-14-7-5-8-14)21(19,20)16-11-4-3-9-15(16)10-6-12-17/h3-4,9,11,14H,2,5,7-8,12-13,17H2,1H3. The van der Waals surface area contributed by atoms with Crippen molar-refractivity contribution in [1.29, 1.82) is 0 Å². The van der Waals surface area contributed by atoms with E-state index in [0.29, 0.717) is 24.6 Å². The van der Waals surface area contributed by atoms with Gasteiger partial charge in [-0.05, 0) is 30.9 Å². The molecular formula is C16H22N2O2S. The van der Waals surface area contributed by atoms with Gasteiger partial charge in [0, 0.05) is 18.7 Å². The lowest BCUT2D eigenvalue weighted by molar-refractivity contribution is 0.250. The molecule has 1 aliphatic carbocycles. The third kappa shape index (κ3) is 3.65. The molecule has 4 nitrogen and oxygen atoms in total. The van der Waals surface area contributed by atoms with Crippen molar-refractivity contribution in [1.82, 2.24) is 4.31 Å². The van der Waals surface area contributed by atoms with Gasteiger partial charge in [0.05, 0.1) is 11.4 Å². The Kier molecular flexibility index (Phi) is 5.40. The van der Waals surface area contributed by atoms with Crippen LogP contribution < -0.4 is 5.73 Å². The molecule has 1 fully saturated rings. The SMILES string of the molecule is CCN(CC1CCC1)S(=O)(=O)c1ccccc1C#CCN. The predicted molar refractivity (Wildman–Crippen MR) is 84.1 cm³/mol. The highest BCUT2D eigenvalue weighted by Crippen LogP contribution is 2.29. The van der Waals surface area contributed by atoms with Crippen LogP contribution in [0.15, 0.2) is 29.2 Å². The topological polar surface area (TPSA) is 63.4 Å². The average molecular weight is 306 g/mol. The van der Waals surface area contributed by atoms with Crippen LogP contribution in [0.4, 0.5) is 0 Å². The van der Waals surface area contributed by atoms with Gasteiger partial charge in [-0.3, -0.25) is 0 Å². The van der Waals surface area contributed by atoms with Crippen LogP contribution in [0.25, 0.3) is 0 Å². The highest BCUT2D eigenvalue weighted by atomic mass is 32.2. The largest absolute Gasteiger partial charge is 0.320 e. The highest BCUT2D eigenvalue weighted by Gasteiger charge is 2.29. The lowest BCUT2D eigenvalue weighted by Gasteiger charge is -2.31. The van der Waals surface area contributed by atoms with Crippen molar-refractivity contribution in [3.8, 4) is 11.8 Å². The van der Waals surface area contributed by atoms with E-state index in [2.05, 4.69) is 11.8 Å². The first-order valence-corrected chi connectivity index (χ1v) is 8.81. The maximum atomic E-state index is 12.8. The molecule has 0 saturated heterocycles. The number of nitrogens with two attached hydrogens (primary N) is 1. The quantitative estimate of drug-likeness (QED) is 0.844. The Morgan fingerprint density at radius 2 is 2.05 bits per heavy atom. The van der Waals surface area contributed by atoms with E-state index in [1.807, 2.05) is 6.92 Å². The molecule has 0 heterocycles. The van der Waals surface area contributed by atoms with Crippen molar-refractivity contribution in [2.75, 3.05) is 19.6 Å². The molecule has 0 spiro atoms. The summed E-state index contributed by atoms with van der Waals surface area (Å²) in [7, 11) is -3.49. The molecule has 1 aromatic carbocycles. The van der Waals surface area contributed by atoms with Gasteiger partial charge in [-0.25, -0.2) is 8.42 Å². The van der Waals surface area contributed by atoms with E-state index in [0.717, 1.165) is 12.8 Å². The number of hydrogen-bond donors (Lipinski definition) is 1. The van der Waals surface area contributed by atoms with Crippen molar-refractivity contribution in [2.45, 2.75) is 31.1 Å². The molecule has 0 bridgehead atoms.